The average Bonchev–Trinajstić information content (AvgIpc) is 2.56. The normalized spacial score (nSPS) is 12.1. The fourth-order valence-electron chi connectivity index (χ4n) is 2.09. The third-order valence-electron chi connectivity index (χ3n) is 2.83. The minimum Gasteiger partial charge on any atom is -0.495 e. The number of thiophene rings is 1. The van der Waals surface area contributed by atoms with Gasteiger partial charge in [0.05, 0.1) is 19.9 Å². The lowest BCUT2D eigenvalue weighted by molar-refractivity contribution is 0.420. The van der Waals surface area contributed by atoms with Crippen molar-refractivity contribution >= 4 is 34.0 Å². The predicted molar refractivity (Wildman–Crippen MR) is 76.1 cm³/mol. The number of benzene rings is 1. The molecule has 0 unspecified atom stereocenters. The summed E-state index contributed by atoms with van der Waals surface area (Å²) in [6.45, 7) is 9.44. The smallest absolute Gasteiger partial charge is 0.136 e. The Balaban J connectivity index is 2.77. The molecule has 1 nitrogen and oxygen atoms in total. The second kappa shape index (κ2) is 3.89. The van der Waals surface area contributed by atoms with E-state index in [4.69, 9.17) is 4.74 Å². The molecule has 86 valence electrons. The van der Waals surface area contributed by atoms with Crippen LogP contribution >= 0.6 is 11.3 Å². The molecule has 0 bridgehead atoms. The Kier molecular flexibility index (Phi) is 2.84. The molecule has 3 heteroatoms. The van der Waals surface area contributed by atoms with Gasteiger partial charge in [-0.1, -0.05) is 31.8 Å². The van der Waals surface area contributed by atoms with Crippen LogP contribution in [-0.4, -0.2) is 15.2 Å². The summed E-state index contributed by atoms with van der Waals surface area (Å²) in [4.78, 5) is 0. The van der Waals surface area contributed by atoms with Crippen LogP contribution in [0.5, 0.6) is 5.75 Å². The molecule has 0 saturated carbocycles. The van der Waals surface area contributed by atoms with E-state index >= 15 is 0 Å². The maximum absolute atomic E-state index is 5.43. The third kappa shape index (κ3) is 1.78. The van der Waals surface area contributed by atoms with Gasteiger partial charge in [0, 0.05) is 0 Å². The van der Waals surface area contributed by atoms with E-state index in [0.29, 0.717) is 0 Å². The van der Waals surface area contributed by atoms with E-state index in [1.807, 2.05) is 17.4 Å². The molecular formula is C13H18OSSi. The number of hydrogen-bond donors (Lipinski definition) is 0. The number of hydrogen-bond acceptors (Lipinski definition) is 2. The van der Waals surface area contributed by atoms with Crippen LogP contribution in [0.2, 0.25) is 19.6 Å². The average molecular weight is 250 g/mol. The van der Waals surface area contributed by atoms with Gasteiger partial charge in [-0.25, -0.2) is 0 Å². The number of fused-ring (bicyclic) bond motifs is 1. The van der Waals surface area contributed by atoms with Crippen molar-refractivity contribution in [3.05, 3.63) is 23.8 Å². The molecule has 0 saturated heterocycles. The van der Waals surface area contributed by atoms with Crippen molar-refractivity contribution in [3.63, 3.8) is 0 Å². The molecule has 2 aromatic rings. The molecule has 1 aromatic carbocycles. The van der Waals surface area contributed by atoms with E-state index in [0.717, 1.165) is 5.75 Å². The Labute approximate surface area is 102 Å². The van der Waals surface area contributed by atoms with E-state index in [1.165, 1.54) is 15.6 Å². The highest BCUT2D eigenvalue weighted by Gasteiger charge is 2.23. The fourth-order valence-corrected chi connectivity index (χ4v) is 5.93. The second-order valence-electron chi connectivity index (χ2n) is 5.14. The van der Waals surface area contributed by atoms with Gasteiger partial charge in [-0.3, -0.25) is 0 Å². The maximum atomic E-state index is 5.43. The Morgan fingerprint density at radius 1 is 1.19 bits per heavy atom. The largest absolute Gasteiger partial charge is 0.495 e. The zero-order chi connectivity index (χ0) is 11.9. The molecule has 0 fully saturated rings. The highest BCUT2D eigenvalue weighted by Crippen LogP contribution is 2.33. The molecular weight excluding hydrogens is 232 g/mol. The molecule has 0 aliphatic rings. The summed E-state index contributed by atoms with van der Waals surface area (Å²) >= 11 is 1.92. The lowest BCUT2D eigenvalue weighted by Gasteiger charge is -2.14. The molecule has 0 amide bonds. The molecule has 0 aliphatic carbocycles. The SMILES string of the molecule is COc1cccc2c(C)c([Si](C)(C)C)sc12. The van der Waals surface area contributed by atoms with Gasteiger partial charge in [0.1, 0.15) is 5.75 Å². The summed E-state index contributed by atoms with van der Waals surface area (Å²) < 4.78 is 8.33. The van der Waals surface area contributed by atoms with E-state index in [2.05, 4.69) is 38.7 Å². The zero-order valence-corrected chi connectivity index (χ0v) is 12.4. The number of aryl methyl sites for hydroxylation is 1. The lowest BCUT2D eigenvalue weighted by Crippen LogP contribution is -2.36. The molecule has 0 aliphatic heterocycles. The van der Waals surface area contributed by atoms with Crippen LogP contribution in [0.15, 0.2) is 18.2 Å². The van der Waals surface area contributed by atoms with Gasteiger partial charge in [-0.15, -0.1) is 11.3 Å². The fraction of sp³-hybridized carbons (Fsp3) is 0.385. The van der Waals surface area contributed by atoms with Crippen LogP contribution in [0.4, 0.5) is 0 Å². The van der Waals surface area contributed by atoms with Crippen molar-refractivity contribution < 1.29 is 4.74 Å². The van der Waals surface area contributed by atoms with Crippen molar-refractivity contribution in [1.29, 1.82) is 0 Å². The summed E-state index contributed by atoms with van der Waals surface area (Å²) in [5.41, 5.74) is 1.46. The van der Waals surface area contributed by atoms with Gasteiger partial charge >= 0.3 is 0 Å². The molecule has 0 radical (unpaired) electrons. The summed E-state index contributed by atoms with van der Waals surface area (Å²) in [7, 11) is 0.514. The van der Waals surface area contributed by atoms with Crippen LogP contribution in [0, 0.1) is 6.92 Å². The molecule has 0 spiro atoms. The van der Waals surface area contributed by atoms with Crippen LogP contribution in [-0.2, 0) is 0 Å². The van der Waals surface area contributed by atoms with Crippen molar-refractivity contribution in [2.24, 2.45) is 0 Å². The summed E-state index contributed by atoms with van der Waals surface area (Å²) in [5, 5.41) is 1.36. The number of rotatable bonds is 2. The van der Waals surface area contributed by atoms with Gasteiger partial charge in [0.25, 0.3) is 0 Å². The van der Waals surface area contributed by atoms with Crippen molar-refractivity contribution in [2.75, 3.05) is 7.11 Å². The van der Waals surface area contributed by atoms with E-state index < -0.39 is 8.07 Å². The number of methoxy groups -OCH3 is 1. The maximum Gasteiger partial charge on any atom is 0.136 e. The van der Waals surface area contributed by atoms with E-state index in [-0.39, 0.29) is 0 Å². The Hall–Kier alpha value is -0.803. The molecule has 16 heavy (non-hydrogen) atoms. The lowest BCUT2D eigenvalue weighted by atomic mass is 10.2. The Morgan fingerprint density at radius 2 is 1.88 bits per heavy atom. The van der Waals surface area contributed by atoms with Crippen LogP contribution < -0.4 is 9.24 Å². The Bertz CT molecular complexity index is 522. The Morgan fingerprint density at radius 3 is 2.44 bits per heavy atom. The monoisotopic (exact) mass is 250 g/mol. The van der Waals surface area contributed by atoms with Gasteiger partial charge in [0.15, 0.2) is 0 Å². The van der Waals surface area contributed by atoms with Gasteiger partial charge in [0.2, 0.25) is 0 Å². The van der Waals surface area contributed by atoms with E-state index in [9.17, 15) is 0 Å². The van der Waals surface area contributed by atoms with Gasteiger partial charge in [-0.05, 0) is 28.4 Å². The first kappa shape index (κ1) is 11.7. The van der Waals surface area contributed by atoms with Gasteiger partial charge < -0.3 is 4.74 Å². The summed E-state index contributed by atoms with van der Waals surface area (Å²) in [5.74, 6) is 1.01. The summed E-state index contributed by atoms with van der Waals surface area (Å²) in [6, 6.07) is 6.33. The van der Waals surface area contributed by atoms with Crippen molar-refractivity contribution in [3.8, 4) is 5.75 Å². The minimum absolute atomic E-state index is 1.01. The van der Waals surface area contributed by atoms with E-state index in [1.54, 1.807) is 11.6 Å². The zero-order valence-electron chi connectivity index (χ0n) is 10.5. The van der Waals surface area contributed by atoms with Gasteiger partial charge in [-0.2, -0.15) is 0 Å². The molecule has 0 atom stereocenters. The first-order chi connectivity index (χ1) is 7.45. The number of ether oxygens (including phenoxy) is 1. The molecule has 1 aromatic heterocycles. The molecule has 2 rings (SSSR count). The predicted octanol–water partition coefficient (Wildman–Crippen LogP) is 3.76. The highest BCUT2D eigenvalue weighted by molar-refractivity contribution is 7.32. The van der Waals surface area contributed by atoms with Crippen LogP contribution in [0.25, 0.3) is 10.1 Å². The first-order valence-corrected chi connectivity index (χ1v) is 9.83. The third-order valence-corrected chi connectivity index (χ3v) is 7.84. The van der Waals surface area contributed by atoms with Crippen molar-refractivity contribution in [2.45, 2.75) is 26.6 Å². The second-order valence-corrected chi connectivity index (χ2v) is 11.5. The summed E-state index contributed by atoms with van der Waals surface area (Å²) in [6.07, 6.45) is 0. The highest BCUT2D eigenvalue weighted by atomic mass is 32.1. The molecule has 1 heterocycles. The van der Waals surface area contributed by atoms with Crippen LogP contribution in [0.3, 0.4) is 0 Å². The van der Waals surface area contributed by atoms with Crippen molar-refractivity contribution in [1.82, 2.24) is 0 Å². The first-order valence-electron chi connectivity index (χ1n) is 5.51. The quantitative estimate of drug-likeness (QED) is 0.737. The molecule has 0 N–H and O–H groups in total. The van der Waals surface area contributed by atoms with Crippen LogP contribution in [0.1, 0.15) is 5.56 Å². The topological polar surface area (TPSA) is 9.23 Å². The minimum atomic E-state index is -1.23. The standard InChI is InChI=1S/C13H18OSSi/c1-9-10-7-6-8-11(14-2)12(10)15-13(9)16(3,4)5/h6-8H,1-5H3.